The molecular formula is C22H20O7. The van der Waals surface area contributed by atoms with Crippen LogP contribution in [0.2, 0.25) is 0 Å². The number of Topliss-reactive ketones (excluding diaryl/α,β-unsaturated/α-hetero) is 1. The van der Waals surface area contributed by atoms with E-state index in [1.807, 2.05) is 0 Å². The third-order valence-corrected chi connectivity index (χ3v) is 5.86. The van der Waals surface area contributed by atoms with Gasteiger partial charge in [-0.05, 0) is 24.6 Å². The Kier molecular flexibility index (Phi) is 4.42. The molecule has 4 rings (SSSR count). The van der Waals surface area contributed by atoms with Crippen molar-refractivity contribution in [3.8, 4) is 5.75 Å². The summed E-state index contributed by atoms with van der Waals surface area (Å²) >= 11 is 0. The highest BCUT2D eigenvalue weighted by atomic mass is 16.7. The molecule has 2 aromatic rings. The normalized spacial score (nSPS) is 26.7. The number of methoxy groups -OCH3 is 2. The molecule has 0 radical (unpaired) electrons. The first-order valence-electron chi connectivity index (χ1n) is 9.12. The van der Waals surface area contributed by atoms with E-state index in [1.54, 1.807) is 61.5 Å². The van der Waals surface area contributed by atoms with Crippen LogP contribution in [0.4, 0.5) is 0 Å². The molecule has 0 amide bonds. The van der Waals surface area contributed by atoms with Crippen LogP contribution in [0, 0.1) is 11.3 Å². The van der Waals surface area contributed by atoms with Gasteiger partial charge in [0.05, 0.1) is 19.8 Å². The van der Waals surface area contributed by atoms with Gasteiger partial charge in [-0.15, -0.1) is 0 Å². The molecule has 0 aliphatic carbocycles. The number of ether oxygens (including phenoxy) is 4. The molecule has 1 fully saturated rings. The fourth-order valence-electron chi connectivity index (χ4n) is 4.47. The lowest BCUT2D eigenvalue weighted by Gasteiger charge is -2.39. The van der Waals surface area contributed by atoms with Crippen LogP contribution in [0.25, 0.3) is 0 Å². The lowest BCUT2D eigenvalue weighted by atomic mass is 9.61. The van der Waals surface area contributed by atoms with E-state index in [0.717, 1.165) is 14.2 Å². The molecule has 7 heteroatoms. The Hall–Kier alpha value is -3.19. The predicted molar refractivity (Wildman–Crippen MR) is 100 cm³/mol. The molecule has 0 bridgehead atoms. The number of carbonyl (C=O) groups excluding carboxylic acids is 3. The van der Waals surface area contributed by atoms with E-state index < -0.39 is 40.9 Å². The van der Waals surface area contributed by atoms with Crippen molar-refractivity contribution in [2.45, 2.75) is 18.8 Å². The van der Waals surface area contributed by atoms with Crippen LogP contribution >= 0.6 is 0 Å². The number of esters is 2. The molecule has 2 heterocycles. The van der Waals surface area contributed by atoms with Crippen LogP contribution < -0.4 is 4.74 Å². The number of para-hydroxylation sites is 1. The molecule has 29 heavy (non-hydrogen) atoms. The summed E-state index contributed by atoms with van der Waals surface area (Å²) in [5.74, 6) is -3.21. The van der Waals surface area contributed by atoms with Crippen LogP contribution in [0.1, 0.15) is 22.8 Å². The van der Waals surface area contributed by atoms with Gasteiger partial charge in [0.2, 0.25) is 11.7 Å². The van der Waals surface area contributed by atoms with Crippen molar-refractivity contribution in [3.05, 3.63) is 65.7 Å². The van der Waals surface area contributed by atoms with Crippen LogP contribution in [0.5, 0.6) is 5.75 Å². The summed E-state index contributed by atoms with van der Waals surface area (Å²) in [5.41, 5.74) is -2.87. The quantitative estimate of drug-likeness (QED) is 0.582. The number of hydrogen-bond acceptors (Lipinski definition) is 7. The highest BCUT2D eigenvalue weighted by Crippen LogP contribution is 2.60. The minimum atomic E-state index is -2.09. The minimum absolute atomic E-state index is 0.270. The molecule has 0 saturated carbocycles. The highest BCUT2D eigenvalue weighted by Gasteiger charge is 2.77. The van der Waals surface area contributed by atoms with Gasteiger partial charge in [-0.3, -0.25) is 14.4 Å². The van der Waals surface area contributed by atoms with Crippen LogP contribution in [-0.4, -0.2) is 38.2 Å². The Morgan fingerprint density at radius 3 is 2.14 bits per heavy atom. The van der Waals surface area contributed by atoms with E-state index in [1.165, 1.54) is 0 Å². The molecular weight excluding hydrogens is 376 g/mol. The van der Waals surface area contributed by atoms with Crippen molar-refractivity contribution in [1.82, 2.24) is 0 Å². The summed E-state index contributed by atoms with van der Waals surface area (Å²) in [6.07, 6.45) is -1.17. The Morgan fingerprint density at radius 2 is 1.52 bits per heavy atom. The van der Waals surface area contributed by atoms with Crippen LogP contribution in [0.15, 0.2) is 54.6 Å². The van der Waals surface area contributed by atoms with Gasteiger partial charge in [0.1, 0.15) is 17.3 Å². The predicted octanol–water partition coefficient (Wildman–Crippen LogP) is 2.48. The number of benzene rings is 2. The van der Waals surface area contributed by atoms with Crippen molar-refractivity contribution in [2.24, 2.45) is 11.3 Å². The molecule has 1 saturated heterocycles. The van der Waals surface area contributed by atoms with Gasteiger partial charge < -0.3 is 18.9 Å². The number of fused-ring (bicyclic) bond motifs is 2. The van der Waals surface area contributed by atoms with Crippen molar-refractivity contribution < 1.29 is 33.3 Å². The van der Waals surface area contributed by atoms with Gasteiger partial charge in [0, 0.05) is 0 Å². The lowest BCUT2D eigenvalue weighted by molar-refractivity contribution is -0.188. The average molecular weight is 396 g/mol. The van der Waals surface area contributed by atoms with Gasteiger partial charge in [-0.1, -0.05) is 42.5 Å². The maximum absolute atomic E-state index is 13.5. The Labute approximate surface area is 167 Å². The van der Waals surface area contributed by atoms with Gasteiger partial charge in [-0.25, -0.2) is 0 Å². The van der Waals surface area contributed by atoms with Crippen molar-refractivity contribution in [1.29, 1.82) is 0 Å². The number of rotatable bonds is 3. The van der Waals surface area contributed by atoms with E-state index in [4.69, 9.17) is 18.9 Å². The fraction of sp³-hybridized carbons (Fsp3) is 0.318. The van der Waals surface area contributed by atoms with E-state index >= 15 is 0 Å². The van der Waals surface area contributed by atoms with Crippen LogP contribution in [-0.2, 0) is 29.4 Å². The van der Waals surface area contributed by atoms with E-state index in [2.05, 4.69) is 0 Å². The number of hydrogen-bond donors (Lipinski definition) is 0. The minimum Gasteiger partial charge on any atom is -0.468 e. The highest BCUT2D eigenvalue weighted by molar-refractivity contribution is 6.12. The van der Waals surface area contributed by atoms with Gasteiger partial charge in [0.15, 0.2) is 5.78 Å². The van der Waals surface area contributed by atoms with Crippen molar-refractivity contribution in [2.75, 3.05) is 14.2 Å². The summed E-state index contributed by atoms with van der Waals surface area (Å²) in [6.45, 7) is 1.58. The zero-order valence-electron chi connectivity index (χ0n) is 16.2. The van der Waals surface area contributed by atoms with E-state index in [-0.39, 0.29) is 5.56 Å². The lowest BCUT2D eigenvalue weighted by Crippen LogP contribution is -2.58. The fourth-order valence-corrected chi connectivity index (χ4v) is 4.47. The smallest absolute Gasteiger partial charge is 0.327 e. The Bertz CT molecular complexity index is 968. The van der Waals surface area contributed by atoms with E-state index in [0.29, 0.717) is 11.3 Å². The molecule has 0 unspecified atom stereocenters. The second kappa shape index (κ2) is 6.70. The van der Waals surface area contributed by atoms with Gasteiger partial charge in [0.25, 0.3) is 0 Å². The molecule has 150 valence electrons. The molecule has 0 spiro atoms. The summed E-state index contributed by atoms with van der Waals surface area (Å²) < 4.78 is 22.2. The molecule has 2 aromatic carbocycles. The zero-order chi connectivity index (χ0) is 20.8. The van der Waals surface area contributed by atoms with Crippen LogP contribution in [0.3, 0.4) is 0 Å². The maximum atomic E-state index is 13.5. The first-order chi connectivity index (χ1) is 13.9. The van der Waals surface area contributed by atoms with E-state index in [9.17, 15) is 14.4 Å². The standard InChI is InChI=1S/C22H20O7/c1-21(13-9-5-4-6-10-13)22(19(24)26-2,20(25)27-3)16-17(23)14-11-7-8-12-15(14)28-18(16)29-21/h4-12,16,18H,1-3H3/t16-,18-,21-/m1/s1. The number of ketones is 1. The zero-order valence-corrected chi connectivity index (χ0v) is 16.2. The van der Waals surface area contributed by atoms with Crippen molar-refractivity contribution in [3.63, 3.8) is 0 Å². The first-order valence-corrected chi connectivity index (χ1v) is 9.12. The third kappa shape index (κ3) is 2.37. The Balaban J connectivity index is 2.01. The monoisotopic (exact) mass is 396 g/mol. The summed E-state index contributed by atoms with van der Waals surface area (Å²) in [6, 6.07) is 15.4. The first kappa shape index (κ1) is 19.1. The molecule has 0 aromatic heterocycles. The molecule has 0 N–H and O–H groups in total. The summed E-state index contributed by atoms with van der Waals surface area (Å²) in [4.78, 5) is 40.0. The summed E-state index contributed by atoms with van der Waals surface area (Å²) in [7, 11) is 2.32. The molecule has 7 nitrogen and oxygen atoms in total. The molecule has 2 aliphatic rings. The van der Waals surface area contributed by atoms with Gasteiger partial charge >= 0.3 is 11.9 Å². The average Bonchev–Trinajstić information content (AvgIpc) is 3.03. The largest absolute Gasteiger partial charge is 0.468 e. The molecule has 2 aliphatic heterocycles. The maximum Gasteiger partial charge on any atom is 0.327 e. The summed E-state index contributed by atoms with van der Waals surface area (Å²) in [5, 5.41) is 0. The molecule has 3 atom stereocenters. The number of carbonyl (C=O) groups is 3. The Morgan fingerprint density at radius 1 is 0.931 bits per heavy atom. The second-order valence-electron chi connectivity index (χ2n) is 7.13. The van der Waals surface area contributed by atoms with Gasteiger partial charge in [-0.2, -0.15) is 0 Å². The topological polar surface area (TPSA) is 88.1 Å². The SMILES string of the molecule is COC(=O)C1(C(=O)OC)[C@@H]2C(=O)c3ccccc3O[C@@H]2O[C@]1(C)c1ccccc1. The second-order valence-corrected chi connectivity index (χ2v) is 7.13. The third-order valence-electron chi connectivity index (χ3n) is 5.86. The van der Waals surface area contributed by atoms with Crippen molar-refractivity contribution >= 4 is 17.7 Å².